The first kappa shape index (κ1) is 82.7. The van der Waals surface area contributed by atoms with Gasteiger partial charge in [-0.2, -0.15) is 3.89 Å². The highest BCUT2D eigenvalue weighted by Gasteiger charge is 2.66. The number of carbonyl (C=O) groups excluding carboxylic acids is 9. The molecule has 3 aromatic carbocycles. The highest BCUT2D eigenvalue weighted by Crippen LogP contribution is 2.56. The highest BCUT2D eigenvalue weighted by molar-refractivity contribution is 7.93. The zero-order chi connectivity index (χ0) is 75.5. The van der Waals surface area contributed by atoms with Crippen molar-refractivity contribution in [3.63, 3.8) is 0 Å². The summed E-state index contributed by atoms with van der Waals surface area (Å²) in [6.07, 6.45) is 15.0. The monoisotopic (exact) mass is 1430 g/mol. The molecule has 560 valence electrons. The lowest BCUT2D eigenvalue weighted by Gasteiger charge is -2.39. The van der Waals surface area contributed by atoms with E-state index < -0.39 is 49.9 Å². The minimum atomic E-state index is -1.12. The summed E-state index contributed by atoms with van der Waals surface area (Å²) < 4.78 is 27.2. The third-order valence-corrected chi connectivity index (χ3v) is 20.1. The van der Waals surface area contributed by atoms with Crippen molar-refractivity contribution >= 4 is 65.9 Å². The topological polar surface area (TPSA) is 263 Å². The van der Waals surface area contributed by atoms with Crippen LogP contribution in [0.1, 0.15) is 196 Å². The molecule has 3 aliphatic heterocycles. The van der Waals surface area contributed by atoms with E-state index in [4.69, 9.17) is 14.2 Å². The summed E-state index contributed by atoms with van der Waals surface area (Å²) in [4.78, 5) is 123. The minimum absolute atomic E-state index is 0.177. The van der Waals surface area contributed by atoms with E-state index in [1.54, 1.807) is 32.9 Å². The smallest absolute Gasteiger partial charge is 0.410 e. The van der Waals surface area contributed by atoms with Crippen LogP contribution in [0.25, 0.3) is 0 Å². The standard InChI is InChI=1S/3C26H37N3O4.CH3FS/c3*1-6-11-21-16-25(18-26(21,27-19(2)30)22(31)28-24(3,4)5)14-10-15-29(25)23(32)33-17-20-12-8-7-9-13-20;1-3-2/h3*6-9,12-13,21H,1,10-11,14-18H2,2-5H3,(H,27,30)(H,28,31);1H3. The molecule has 23 heteroatoms. The molecule has 102 heavy (non-hydrogen) atoms. The van der Waals surface area contributed by atoms with Gasteiger partial charge in [0.15, 0.2) is 0 Å². The predicted octanol–water partition coefficient (Wildman–Crippen LogP) is 13.0. The van der Waals surface area contributed by atoms with E-state index in [2.05, 4.69) is 51.6 Å². The Morgan fingerprint density at radius 2 is 0.676 bits per heavy atom. The van der Waals surface area contributed by atoms with Crippen molar-refractivity contribution in [3.05, 3.63) is 146 Å². The quantitative estimate of drug-likeness (QED) is 0.0512. The Balaban J connectivity index is 0.000000236. The van der Waals surface area contributed by atoms with E-state index in [-0.39, 0.29) is 103 Å². The van der Waals surface area contributed by atoms with Gasteiger partial charge in [0.05, 0.1) is 0 Å². The number of carbonyl (C=O) groups is 9. The maximum Gasteiger partial charge on any atom is 0.410 e. The Hall–Kier alpha value is -8.21. The number of rotatable bonds is 18. The summed E-state index contributed by atoms with van der Waals surface area (Å²) in [5, 5.41) is 18.2. The first-order chi connectivity index (χ1) is 47.9. The van der Waals surface area contributed by atoms with Crippen LogP contribution in [0, 0.1) is 17.8 Å². The van der Waals surface area contributed by atoms with Crippen LogP contribution in [0.4, 0.5) is 18.3 Å². The van der Waals surface area contributed by atoms with Gasteiger partial charge in [-0.1, -0.05) is 109 Å². The predicted molar refractivity (Wildman–Crippen MR) is 396 cm³/mol. The molecule has 0 bridgehead atoms. The van der Waals surface area contributed by atoms with E-state index in [9.17, 15) is 47.0 Å². The van der Waals surface area contributed by atoms with Crippen LogP contribution in [-0.2, 0) is 62.8 Å². The van der Waals surface area contributed by atoms with Gasteiger partial charge in [0.25, 0.3) is 0 Å². The van der Waals surface area contributed by atoms with E-state index in [1.807, 2.05) is 153 Å². The molecule has 6 fully saturated rings. The van der Waals surface area contributed by atoms with Crippen LogP contribution >= 0.6 is 12.1 Å². The Labute approximate surface area is 609 Å². The lowest BCUT2D eigenvalue weighted by Crippen LogP contribution is -2.64. The third-order valence-electron chi connectivity index (χ3n) is 20.1. The molecule has 0 aromatic heterocycles. The van der Waals surface area contributed by atoms with E-state index in [0.29, 0.717) is 77.4 Å². The SMILES string of the molecule is C=CCC1CC2(CCCN2C(=O)OCc2ccccc2)CC1(NC(C)=O)C(=O)NC(C)(C)C.C=CCC1CC2(CCCN2C(=O)OCc2ccccc2)CC1(NC(C)=O)C(=O)NC(C)(C)C.C=CCC1CC2(CCCN2C(=O)OCc2ccccc2)CC1(NC(C)=O)C(=O)NC(C)(C)C.CSF. The molecule has 9 amide bonds. The second kappa shape index (κ2) is 35.3. The largest absolute Gasteiger partial charge is 0.445 e. The molecular formula is C79H114FN9O12S. The molecular weight excluding hydrogens is 1320 g/mol. The van der Waals surface area contributed by atoms with Gasteiger partial charge in [0.2, 0.25) is 35.4 Å². The maximum atomic E-state index is 13.6. The van der Waals surface area contributed by atoms with Crippen LogP contribution in [0.2, 0.25) is 0 Å². The number of amides is 9. The van der Waals surface area contributed by atoms with E-state index in [0.717, 1.165) is 55.2 Å². The second-order valence-corrected chi connectivity index (χ2v) is 31.9. The molecule has 3 saturated carbocycles. The van der Waals surface area contributed by atoms with Crippen molar-refractivity contribution in [2.45, 2.75) is 249 Å². The minimum Gasteiger partial charge on any atom is -0.445 e. The first-order valence-corrected chi connectivity index (χ1v) is 36.8. The fraction of sp³-hybridized carbons (Fsp3) is 0.582. The lowest BCUT2D eigenvalue weighted by atomic mass is 9.82. The van der Waals surface area contributed by atoms with Crippen LogP contribution in [0.15, 0.2) is 129 Å². The fourth-order valence-electron chi connectivity index (χ4n) is 16.5. The number of halogens is 1. The summed E-state index contributed by atoms with van der Waals surface area (Å²) in [6.45, 7) is 35.5. The molecule has 6 N–H and O–H groups in total. The number of nitrogens with one attached hydrogen (secondary N) is 6. The molecule has 3 heterocycles. The van der Waals surface area contributed by atoms with Gasteiger partial charge in [0.1, 0.15) is 36.4 Å². The van der Waals surface area contributed by atoms with Gasteiger partial charge < -0.3 is 60.8 Å². The zero-order valence-corrected chi connectivity index (χ0v) is 63.4. The molecule has 21 nitrogen and oxygen atoms in total. The number of hydrogen-bond acceptors (Lipinski definition) is 13. The van der Waals surface area contributed by atoms with Crippen LogP contribution in [-0.4, -0.2) is 144 Å². The molecule has 0 radical (unpaired) electrons. The Bertz CT molecular complexity index is 3070. The molecule has 3 saturated heterocycles. The lowest BCUT2D eigenvalue weighted by molar-refractivity contribution is -0.136. The number of ether oxygens (including phenoxy) is 3. The van der Waals surface area contributed by atoms with Gasteiger partial charge in [-0.25, -0.2) is 14.4 Å². The zero-order valence-electron chi connectivity index (χ0n) is 62.6. The average Bonchev–Trinajstić information content (AvgIpc) is 1.58. The normalized spacial score (nSPS) is 26.2. The molecule has 9 atom stereocenters. The highest BCUT2D eigenvalue weighted by atomic mass is 32.2. The molecule has 6 aliphatic rings. The summed E-state index contributed by atoms with van der Waals surface area (Å²) in [6, 6.07) is 28.7. The van der Waals surface area contributed by atoms with Crippen molar-refractivity contribution in [2.24, 2.45) is 17.8 Å². The van der Waals surface area contributed by atoms with Crippen molar-refractivity contribution in [3.8, 4) is 0 Å². The first-order valence-electron chi connectivity index (χ1n) is 35.7. The third kappa shape index (κ3) is 21.0. The van der Waals surface area contributed by atoms with Crippen molar-refractivity contribution < 1.29 is 61.2 Å². The van der Waals surface area contributed by atoms with Gasteiger partial charge in [0, 0.05) is 111 Å². The Morgan fingerprint density at radius 1 is 0.451 bits per heavy atom. The molecule has 3 aliphatic carbocycles. The molecule has 9 unspecified atom stereocenters. The van der Waals surface area contributed by atoms with Crippen LogP contribution in [0.5, 0.6) is 0 Å². The van der Waals surface area contributed by atoms with E-state index in [1.165, 1.54) is 27.0 Å². The number of allylic oxidation sites excluding steroid dienone is 3. The second-order valence-electron chi connectivity index (χ2n) is 31.6. The molecule has 3 spiro atoms. The average molecular weight is 1430 g/mol. The summed E-state index contributed by atoms with van der Waals surface area (Å²) in [7, 11) is 0. The number of nitrogens with zero attached hydrogens (tertiary/aromatic N) is 3. The van der Waals surface area contributed by atoms with Gasteiger partial charge in [-0.3, -0.25) is 28.8 Å². The van der Waals surface area contributed by atoms with Gasteiger partial charge in [-0.15, -0.1) is 19.7 Å². The summed E-state index contributed by atoms with van der Waals surface area (Å²) in [5.41, 5.74) is -3.58. The van der Waals surface area contributed by atoms with Crippen LogP contribution in [0.3, 0.4) is 0 Å². The van der Waals surface area contributed by atoms with Crippen molar-refractivity contribution in [1.29, 1.82) is 0 Å². The molecule has 9 rings (SSSR count). The van der Waals surface area contributed by atoms with Gasteiger partial charge in [-0.05, 0) is 174 Å². The number of likely N-dealkylation sites (tertiary alicyclic amines) is 3. The fourth-order valence-corrected chi connectivity index (χ4v) is 16.5. The summed E-state index contributed by atoms with van der Waals surface area (Å²) >= 11 is 0.250. The maximum absolute atomic E-state index is 13.6. The van der Waals surface area contributed by atoms with E-state index >= 15 is 0 Å². The Morgan fingerprint density at radius 3 is 0.873 bits per heavy atom. The van der Waals surface area contributed by atoms with Crippen LogP contribution < -0.4 is 31.9 Å². The Kier molecular flexibility index (Phi) is 28.6. The molecule has 3 aromatic rings. The van der Waals surface area contributed by atoms with Crippen molar-refractivity contribution in [2.75, 3.05) is 25.9 Å². The van der Waals surface area contributed by atoms with Gasteiger partial charge >= 0.3 is 18.3 Å². The summed E-state index contributed by atoms with van der Waals surface area (Å²) in [5.74, 6) is -1.95. The number of benzene rings is 3. The number of hydrogen-bond donors (Lipinski definition) is 6. The van der Waals surface area contributed by atoms with Crippen molar-refractivity contribution in [1.82, 2.24) is 46.6 Å².